The van der Waals surface area contributed by atoms with Crippen molar-refractivity contribution < 1.29 is 9.59 Å². The first kappa shape index (κ1) is 18.4. The molecule has 1 saturated heterocycles. The molecule has 0 aromatic carbocycles. The van der Waals surface area contributed by atoms with Crippen molar-refractivity contribution in [1.82, 2.24) is 20.1 Å². The van der Waals surface area contributed by atoms with Gasteiger partial charge in [0.25, 0.3) is 0 Å². The average Bonchev–Trinajstić information content (AvgIpc) is 3.43. The fourth-order valence-electron chi connectivity index (χ4n) is 4.55. The Hall–Kier alpha value is -1.95. The van der Waals surface area contributed by atoms with E-state index in [1.54, 1.807) is 12.4 Å². The van der Waals surface area contributed by atoms with Gasteiger partial charge in [0.2, 0.25) is 11.8 Å². The SMILES string of the molecule is O=C(NCc1ccncc1)C(C1CCCC1)N1CCN(C(=O)C2CC2)CC1. The van der Waals surface area contributed by atoms with E-state index < -0.39 is 0 Å². The van der Waals surface area contributed by atoms with Crippen molar-refractivity contribution in [2.24, 2.45) is 11.8 Å². The number of hydrogen-bond acceptors (Lipinski definition) is 4. The van der Waals surface area contributed by atoms with Crippen LogP contribution in [0.5, 0.6) is 0 Å². The summed E-state index contributed by atoms with van der Waals surface area (Å²) in [6, 6.07) is 3.81. The largest absolute Gasteiger partial charge is 0.351 e. The number of amides is 2. The zero-order valence-electron chi connectivity index (χ0n) is 16.0. The second kappa shape index (κ2) is 8.38. The second-order valence-electron chi connectivity index (χ2n) is 8.20. The lowest BCUT2D eigenvalue weighted by Gasteiger charge is -2.40. The van der Waals surface area contributed by atoms with Gasteiger partial charge in [-0.25, -0.2) is 0 Å². The van der Waals surface area contributed by atoms with Crippen LogP contribution >= 0.6 is 0 Å². The van der Waals surface area contributed by atoms with E-state index in [1.807, 2.05) is 17.0 Å². The molecule has 6 heteroatoms. The predicted octanol–water partition coefficient (Wildman–Crippen LogP) is 1.81. The van der Waals surface area contributed by atoms with Gasteiger partial charge in [-0.3, -0.25) is 19.5 Å². The highest BCUT2D eigenvalue weighted by Crippen LogP contribution is 2.33. The number of piperazine rings is 1. The molecule has 6 nitrogen and oxygen atoms in total. The Morgan fingerprint density at radius 2 is 1.70 bits per heavy atom. The lowest BCUT2D eigenvalue weighted by molar-refractivity contribution is -0.136. The Morgan fingerprint density at radius 1 is 1.04 bits per heavy atom. The average molecular weight is 370 g/mol. The van der Waals surface area contributed by atoms with Crippen LogP contribution in [0.4, 0.5) is 0 Å². The topological polar surface area (TPSA) is 65.5 Å². The van der Waals surface area contributed by atoms with E-state index in [0.717, 1.165) is 57.4 Å². The van der Waals surface area contributed by atoms with Crippen molar-refractivity contribution in [3.8, 4) is 0 Å². The quantitative estimate of drug-likeness (QED) is 0.829. The Labute approximate surface area is 161 Å². The first-order valence-electron chi connectivity index (χ1n) is 10.4. The number of rotatable bonds is 6. The molecular formula is C21H30N4O2. The van der Waals surface area contributed by atoms with E-state index in [2.05, 4.69) is 15.2 Å². The molecule has 1 aromatic heterocycles. The molecule has 0 spiro atoms. The van der Waals surface area contributed by atoms with Crippen molar-refractivity contribution >= 4 is 11.8 Å². The summed E-state index contributed by atoms with van der Waals surface area (Å²) in [6.07, 6.45) is 10.3. The van der Waals surface area contributed by atoms with Gasteiger partial charge in [-0.05, 0) is 49.3 Å². The molecule has 2 aliphatic carbocycles. The molecule has 146 valence electrons. The number of carbonyl (C=O) groups excluding carboxylic acids is 2. The third-order valence-corrected chi connectivity index (χ3v) is 6.28. The molecule has 2 amide bonds. The Balaban J connectivity index is 1.37. The monoisotopic (exact) mass is 370 g/mol. The van der Waals surface area contributed by atoms with Gasteiger partial charge in [-0.15, -0.1) is 0 Å². The zero-order valence-corrected chi connectivity index (χ0v) is 16.0. The molecule has 4 rings (SSSR count). The molecule has 1 atom stereocenters. The van der Waals surface area contributed by atoms with Gasteiger partial charge >= 0.3 is 0 Å². The molecule has 2 saturated carbocycles. The van der Waals surface area contributed by atoms with Gasteiger partial charge in [0.15, 0.2) is 0 Å². The van der Waals surface area contributed by atoms with Crippen LogP contribution in [0.2, 0.25) is 0 Å². The Kier molecular flexibility index (Phi) is 5.72. The molecule has 0 bridgehead atoms. The first-order valence-corrected chi connectivity index (χ1v) is 10.4. The smallest absolute Gasteiger partial charge is 0.237 e. The van der Waals surface area contributed by atoms with Crippen LogP contribution in [-0.2, 0) is 16.1 Å². The van der Waals surface area contributed by atoms with Gasteiger partial charge in [0.05, 0.1) is 6.04 Å². The molecule has 1 N–H and O–H groups in total. The number of pyridine rings is 1. The van der Waals surface area contributed by atoms with E-state index in [4.69, 9.17) is 0 Å². The first-order chi connectivity index (χ1) is 13.2. The van der Waals surface area contributed by atoms with E-state index in [1.165, 1.54) is 12.8 Å². The summed E-state index contributed by atoms with van der Waals surface area (Å²) in [5.74, 6) is 1.19. The maximum Gasteiger partial charge on any atom is 0.237 e. The minimum absolute atomic E-state index is 0.0625. The van der Waals surface area contributed by atoms with Crippen LogP contribution in [0.15, 0.2) is 24.5 Å². The number of nitrogens with one attached hydrogen (secondary N) is 1. The molecule has 1 aromatic rings. The van der Waals surface area contributed by atoms with Crippen LogP contribution < -0.4 is 5.32 Å². The molecule has 0 radical (unpaired) electrons. The van der Waals surface area contributed by atoms with E-state index in [-0.39, 0.29) is 17.9 Å². The van der Waals surface area contributed by atoms with Crippen LogP contribution in [0.1, 0.15) is 44.1 Å². The van der Waals surface area contributed by atoms with Crippen LogP contribution in [0.25, 0.3) is 0 Å². The predicted molar refractivity (Wildman–Crippen MR) is 103 cm³/mol. The molecule has 3 fully saturated rings. The highest BCUT2D eigenvalue weighted by Gasteiger charge is 2.39. The minimum Gasteiger partial charge on any atom is -0.351 e. The number of hydrogen-bond donors (Lipinski definition) is 1. The maximum atomic E-state index is 13.1. The lowest BCUT2D eigenvalue weighted by atomic mass is 9.95. The molecule has 2 heterocycles. The van der Waals surface area contributed by atoms with Crippen molar-refractivity contribution in [3.05, 3.63) is 30.1 Å². The lowest BCUT2D eigenvalue weighted by Crippen LogP contribution is -2.58. The summed E-state index contributed by atoms with van der Waals surface area (Å²) in [6.45, 7) is 3.68. The van der Waals surface area contributed by atoms with Crippen molar-refractivity contribution in [1.29, 1.82) is 0 Å². The molecule has 1 unspecified atom stereocenters. The van der Waals surface area contributed by atoms with E-state index in [9.17, 15) is 9.59 Å². The number of nitrogens with zero attached hydrogens (tertiary/aromatic N) is 3. The van der Waals surface area contributed by atoms with E-state index in [0.29, 0.717) is 18.4 Å². The summed E-state index contributed by atoms with van der Waals surface area (Å²) in [5.41, 5.74) is 1.07. The summed E-state index contributed by atoms with van der Waals surface area (Å²) in [5, 5.41) is 3.15. The standard InChI is InChI=1S/C21H30N4O2/c26-20(23-15-16-7-9-22-10-8-16)19(17-3-1-2-4-17)24-11-13-25(14-12-24)21(27)18-5-6-18/h7-10,17-19H,1-6,11-15H2,(H,23,26). The highest BCUT2D eigenvalue weighted by atomic mass is 16.2. The van der Waals surface area contributed by atoms with Gasteiger partial charge in [-0.1, -0.05) is 12.8 Å². The van der Waals surface area contributed by atoms with Crippen molar-refractivity contribution in [2.75, 3.05) is 26.2 Å². The fraction of sp³-hybridized carbons (Fsp3) is 0.667. The van der Waals surface area contributed by atoms with Crippen LogP contribution in [0.3, 0.4) is 0 Å². The molecule has 3 aliphatic rings. The normalized spacial score (nSPS) is 22.6. The Morgan fingerprint density at radius 3 is 2.33 bits per heavy atom. The second-order valence-corrected chi connectivity index (χ2v) is 8.20. The summed E-state index contributed by atoms with van der Waals surface area (Å²) in [4.78, 5) is 33.8. The minimum atomic E-state index is -0.0625. The highest BCUT2D eigenvalue weighted by molar-refractivity contribution is 5.83. The Bertz CT molecular complexity index is 647. The van der Waals surface area contributed by atoms with Crippen molar-refractivity contribution in [3.63, 3.8) is 0 Å². The van der Waals surface area contributed by atoms with Crippen molar-refractivity contribution in [2.45, 2.75) is 51.1 Å². The third kappa shape index (κ3) is 4.49. The fourth-order valence-corrected chi connectivity index (χ4v) is 4.55. The molecular weight excluding hydrogens is 340 g/mol. The summed E-state index contributed by atoms with van der Waals surface area (Å²) < 4.78 is 0. The molecule has 27 heavy (non-hydrogen) atoms. The van der Waals surface area contributed by atoms with Gasteiger partial charge in [0, 0.05) is 51.0 Å². The van der Waals surface area contributed by atoms with Gasteiger partial charge in [-0.2, -0.15) is 0 Å². The van der Waals surface area contributed by atoms with Crippen LogP contribution in [0, 0.1) is 11.8 Å². The third-order valence-electron chi connectivity index (χ3n) is 6.28. The summed E-state index contributed by atoms with van der Waals surface area (Å²) in [7, 11) is 0. The maximum absolute atomic E-state index is 13.1. The molecule has 1 aliphatic heterocycles. The number of aromatic nitrogens is 1. The van der Waals surface area contributed by atoms with Crippen LogP contribution in [-0.4, -0.2) is 58.8 Å². The van der Waals surface area contributed by atoms with Gasteiger partial charge < -0.3 is 10.2 Å². The van der Waals surface area contributed by atoms with E-state index >= 15 is 0 Å². The number of carbonyl (C=O) groups is 2. The summed E-state index contributed by atoms with van der Waals surface area (Å²) >= 11 is 0. The van der Waals surface area contributed by atoms with Gasteiger partial charge in [0.1, 0.15) is 0 Å². The zero-order chi connectivity index (χ0) is 18.6.